The summed E-state index contributed by atoms with van der Waals surface area (Å²) in [6, 6.07) is 0.344. The molecule has 2 N–H and O–H groups in total. The molecule has 0 radical (unpaired) electrons. The molecule has 3 nitrogen and oxygen atoms in total. The summed E-state index contributed by atoms with van der Waals surface area (Å²) in [4.78, 5) is 2.49. The molecule has 0 amide bonds. The van der Waals surface area contributed by atoms with Crippen molar-refractivity contribution in [2.45, 2.75) is 84.0 Å². The van der Waals surface area contributed by atoms with Crippen molar-refractivity contribution in [3.63, 3.8) is 0 Å². The lowest BCUT2D eigenvalue weighted by molar-refractivity contribution is -0.0641. The fraction of sp³-hybridized carbons (Fsp3) is 0.800. The van der Waals surface area contributed by atoms with Gasteiger partial charge in [-0.25, -0.2) is 0 Å². The van der Waals surface area contributed by atoms with Crippen molar-refractivity contribution in [1.82, 2.24) is 4.90 Å². The second-order valence-electron chi connectivity index (χ2n) is 8.16. The molecular formula is C20H35NO2. The van der Waals surface area contributed by atoms with E-state index in [1.807, 2.05) is 13.8 Å². The van der Waals surface area contributed by atoms with Gasteiger partial charge in [0, 0.05) is 12.6 Å². The van der Waals surface area contributed by atoms with Gasteiger partial charge in [-0.05, 0) is 65.3 Å². The Morgan fingerprint density at radius 1 is 1.39 bits per heavy atom. The molecule has 0 aromatic heterocycles. The smallest absolute Gasteiger partial charge is 0.0811 e. The van der Waals surface area contributed by atoms with Gasteiger partial charge in [0.25, 0.3) is 0 Å². The van der Waals surface area contributed by atoms with Gasteiger partial charge in [0.15, 0.2) is 0 Å². The average Bonchev–Trinajstić information content (AvgIpc) is 2.44. The summed E-state index contributed by atoms with van der Waals surface area (Å²) in [5.74, 6) is 0.478. The third-order valence-electron chi connectivity index (χ3n) is 5.30. The summed E-state index contributed by atoms with van der Waals surface area (Å²) in [6.45, 7) is 10.3. The molecule has 2 aliphatic rings. The summed E-state index contributed by atoms with van der Waals surface area (Å²) < 4.78 is 0. The number of fused-ring (bicyclic) bond motifs is 1. The molecule has 4 atom stereocenters. The maximum atomic E-state index is 10.8. The van der Waals surface area contributed by atoms with E-state index >= 15 is 0 Å². The van der Waals surface area contributed by atoms with Crippen LogP contribution in [0.1, 0.15) is 66.2 Å². The topological polar surface area (TPSA) is 43.7 Å². The fourth-order valence-corrected chi connectivity index (χ4v) is 4.30. The Kier molecular flexibility index (Phi) is 6.47. The Morgan fingerprint density at radius 2 is 2.13 bits per heavy atom. The first-order valence-corrected chi connectivity index (χ1v) is 9.27. The molecule has 0 saturated carbocycles. The monoisotopic (exact) mass is 321 g/mol. The van der Waals surface area contributed by atoms with Crippen LogP contribution in [0.3, 0.4) is 0 Å². The van der Waals surface area contributed by atoms with E-state index in [-0.39, 0.29) is 6.10 Å². The molecule has 0 bridgehead atoms. The third-order valence-corrected chi connectivity index (χ3v) is 5.30. The SMILES string of the molecule is C/C(=C\C[C@@H](C)/C=C1\CN2CCCCC2[C@@](C)(O)C1)CC(C)O. The van der Waals surface area contributed by atoms with E-state index < -0.39 is 5.60 Å². The van der Waals surface area contributed by atoms with Gasteiger partial charge in [-0.3, -0.25) is 4.90 Å². The molecule has 2 unspecified atom stereocenters. The zero-order valence-electron chi connectivity index (χ0n) is 15.4. The van der Waals surface area contributed by atoms with Crippen LogP contribution in [0.2, 0.25) is 0 Å². The summed E-state index contributed by atoms with van der Waals surface area (Å²) in [5.41, 5.74) is 2.07. The maximum absolute atomic E-state index is 10.8. The Morgan fingerprint density at radius 3 is 2.83 bits per heavy atom. The standard InChI is InChI=1S/C20H35NO2/c1-15(11-17(3)22)8-9-16(2)12-18-13-20(4,23)19-7-5-6-10-21(19)14-18/h8,12,16-17,19,22-23H,5-7,9-11,13-14H2,1-4H3/b15-8+,18-12-/t16-,17?,19?,20+/m1/s1. The minimum Gasteiger partial charge on any atom is -0.393 e. The predicted molar refractivity (Wildman–Crippen MR) is 96.4 cm³/mol. The van der Waals surface area contributed by atoms with Crippen LogP contribution in [0.25, 0.3) is 0 Å². The van der Waals surface area contributed by atoms with Gasteiger partial charge in [0.05, 0.1) is 11.7 Å². The van der Waals surface area contributed by atoms with Gasteiger partial charge in [0.1, 0.15) is 0 Å². The lowest BCUT2D eigenvalue weighted by atomic mass is 9.78. The lowest BCUT2D eigenvalue weighted by Gasteiger charge is -2.49. The van der Waals surface area contributed by atoms with Crippen molar-refractivity contribution >= 4 is 0 Å². The third kappa shape index (κ3) is 5.44. The molecule has 0 aromatic rings. The number of aliphatic hydroxyl groups excluding tert-OH is 1. The number of allylic oxidation sites excluding steroid dienone is 2. The highest BCUT2D eigenvalue weighted by Crippen LogP contribution is 2.36. The van der Waals surface area contributed by atoms with Crippen LogP contribution in [0, 0.1) is 5.92 Å². The number of hydrogen-bond acceptors (Lipinski definition) is 3. The van der Waals surface area contributed by atoms with Crippen molar-refractivity contribution in [2.75, 3.05) is 13.1 Å². The zero-order valence-corrected chi connectivity index (χ0v) is 15.4. The normalized spacial score (nSPS) is 34.3. The Labute approximate surface area is 142 Å². The second-order valence-corrected chi connectivity index (χ2v) is 8.16. The lowest BCUT2D eigenvalue weighted by Crippen LogP contribution is -2.57. The zero-order chi connectivity index (χ0) is 17.0. The molecule has 2 aliphatic heterocycles. The van der Waals surface area contributed by atoms with E-state index in [1.165, 1.54) is 24.0 Å². The molecule has 3 heteroatoms. The first kappa shape index (κ1) is 18.7. The van der Waals surface area contributed by atoms with E-state index in [4.69, 9.17) is 0 Å². The number of hydrogen-bond donors (Lipinski definition) is 2. The molecule has 2 rings (SSSR count). The molecule has 2 fully saturated rings. The second kappa shape index (κ2) is 7.96. The molecule has 2 saturated heterocycles. The van der Waals surface area contributed by atoms with Crippen LogP contribution in [0.4, 0.5) is 0 Å². The highest BCUT2D eigenvalue weighted by molar-refractivity contribution is 5.17. The molecule has 0 aliphatic carbocycles. The van der Waals surface area contributed by atoms with Crippen molar-refractivity contribution in [3.05, 3.63) is 23.3 Å². The van der Waals surface area contributed by atoms with E-state index in [9.17, 15) is 10.2 Å². The van der Waals surface area contributed by atoms with Gasteiger partial charge >= 0.3 is 0 Å². The van der Waals surface area contributed by atoms with Crippen molar-refractivity contribution in [1.29, 1.82) is 0 Å². The van der Waals surface area contributed by atoms with E-state index in [0.717, 1.165) is 38.8 Å². The first-order chi connectivity index (χ1) is 10.8. The summed E-state index contributed by atoms with van der Waals surface area (Å²) in [6.07, 6.45) is 10.6. The Hall–Kier alpha value is -0.640. The highest BCUT2D eigenvalue weighted by Gasteiger charge is 2.42. The number of piperidine rings is 2. The predicted octanol–water partition coefficient (Wildman–Crippen LogP) is 3.67. The number of nitrogens with zero attached hydrogens (tertiary/aromatic N) is 1. The van der Waals surface area contributed by atoms with Gasteiger partial charge in [-0.2, -0.15) is 0 Å². The molecule has 132 valence electrons. The molecule has 0 aromatic carbocycles. The Balaban J connectivity index is 1.96. The Bertz CT molecular complexity index is 451. The van der Waals surface area contributed by atoms with Crippen LogP contribution in [-0.4, -0.2) is 45.9 Å². The quantitative estimate of drug-likeness (QED) is 0.759. The first-order valence-electron chi connectivity index (χ1n) is 9.27. The highest BCUT2D eigenvalue weighted by atomic mass is 16.3. The summed E-state index contributed by atoms with van der Waals surface area (Å²) >= 11 is 0. The molecule has 23 heavy (non-hydrogen) atoms. The van der Waals surface area contributed by atoms with Crippen LogP contribution < -0.4 is 0 Å². The van der Waals surface area contributed by atoms with Crippen molar-refractivity contribution in [2.24, 2.45) is 5.92 Å². The van der Waals surface area contributed by atoms with Crippen LogP contribution in [0.15, 0.2) is 23.3 Å². The maximum Gasteiger partial charge on any atom is 0.0811 e. The minimum atomic E-state index is -0.581. The van der Waals surface area contributed by atoms with E-state index in [0.29, 0.717) is 12.0 Å². The van der Waals surface area contributed by atoms with Gasteiger partial charge in [-0.15, -0.1) is 0 Å². The number of aliphatic hydroxyl groups is 2. The van der Waals surface area contributed by atoms with Crippen molar-refractivity contribution < 1.29 is 10.2 Å². The minimum absolute atomic E-state index is 0.260. The van der Waals surface area contributed by atoms with E-state index in [1.54, 1.807) is 0 Å². The van der Waals surface area contributed by atoms with Crippen LogP contribution >= 0.6 is 0 Å². The van der Waals surface area contributed by atoms with Gasteiger partial charge in [0.2, 0.25) is 0 Å². The van der Waals surface area contributed by atoms with Crippen LogP contribution in [0.5, 0.6) is 0 Å². The van der Waals surface area contributed by atoms with E-state index in [2.05, 4.69) is 30.9 Å². The molecule has 0 spiro atoms. The van der Waals surface area contributed by atoms with Crippen molar-refractivity contribution in [3.8, 4) is 0 Å². The van der Waals surface area contributed by atoms with Gasteiger partial charge in [-0.1, -0.05) is 36.6 Å². The van der Waals surface area contributed by atoms with Gasteiger partial charge < -0.3 is 10.2 Å². The fourth-order valence-electron chi connectivity index (χ4n) is 4.30. The number of rotatable bonds is 5. The molecular weight excluding hydrogens is 286 g/mol. The largest absolute Gasteiger partial charge is 0.393 e. The molecule has 2 heterocycles. The summed E-state index contributed by atoms with van der Waals surface area (Å²) in [5, 5.41) is 20.3. The average molecular weight is 322 g/mol. The van der Waals surface area contributed by atoms with Crippen LogP contribution in [-0.2, 0) is 0 Å². The summed E-state index contributed by atoms with van der Waals surface area (Å²) in [7, 11) is 0.